The van der Waals surface area contributed by atoms with Crippen LogP contribution in [0.25, 0.3) is 5.65 Å². The number of nitrogens with one attached hydrogen (secondary N) is 1. The van der Waals surface area contributed by atoms with E-state index in [1.54, 1.807) is 4.52 Å². The second-order valence-corrected chi connectivity index (χ2v) is 5.90. The van der Waals surface area contributed by atoms with Crippen LogP contribution in [0.15, 0.2) is 24.4 Å². The van der Waals surface area contributed by atoms with Crippen molar-refractivity contribution in [3.05, 3.63) is 24.4 Å². The lowest BCUT2D eigenvalue weighted by Gasteiger charge is -2.21. The highest BCUT2D eigenvalue weighted by atomic mass is 32.2. The third kappa shape index (κ3) is 2.31. The molecule has 0 aromatic carbocycles. The van der Waals surface area contributed by atoms with Crippen LogP contribution >= 0.6 is 0 Å². The van der Waals surface area contributed by atoms with Gasteiger partial charge in [-0.1, -0.05) is 6.07 Å². The molecule has 1 fully saturated rings. The Morgan fingerprint density at radius 1 is 1.35 bits per heavy atom. The first-order valence-corrected chi connectivity index (χ1v) is 7.23. The van der Waals surface area contributed by atoms with E-state index in [1.165, 1.54) is 0 Å². The molecule has 5 nitrogen and oxygen atoms in total. The molecule has 90 valence electrons. The van der Waals surface area contributed by atoms with Crippen molar-refractivity contribution in [2.45, 2.75) is 18.9 Å². The zero-order valence-corrected chi connectivity index (χ0v) is 10.2. The monoisotopic (exact) mass is 250 g/mol. The average molecular weight is 250 g/mol. The Bertz CT molecular complexity index is 510. The van der Waals surface area contributed by atoms with Gasteiger partial charge in [-0.3, -0.25) is 4.21 Å². The van der Waals surface area contributed by atoms with Crippen molar-refractivity contribution in [2.75, 3.05) is 16.8 Å². The molecule has 0 aliphatic carbocycles. The molecule has 2 aromatic rings. The van der Waals surface area contributed by atoms with Gasteiger partial charge in [-0.25, -0.2) is 4.52 Å². The van der Waals surface area contributed by atoms with Gasteiger partial charge in [0.15, 0.2) is 5.65 Å². The Labute approximate surface area is 102 Å². The first kappa shape index (κ1) is 10.7. The van der Waals surface area contributed by atoms with Crippen LogP contribution in [0.2, 0.25) is 0 Å². The lowest BCUT2D eigenvalue weighted by atomic mass is 10.2. The Kier molecular flexibility index (Phi) is 2.80. The first-order valence-electron chi connectivity index (χ1n) is 5.74. The average Bonchev–Trinajstić information content (AvgIpc) is 2.74. The van der Waals surface area contributed by atoms with Gasteiger partial charge < -0.3 is 5.32 Å². The number of fused-ring (bicyclic) bond motifs is 1. The van der Waals surface area contributed by atoms with Gasteiger partial charge in [-0.05, 0) is 25.0 Å². The van der Waals surface area contributed by atoms with Gasteiger partial charge in [0.05, 0.1) is 0 Å². The fourth-order valence-electron chi connectivity index (χ4n) is 2.01. The van der Waals surface area contributed by atoms with E-state index in [1.807, 2.05) is 24.4 Å². The number of anilines is 1. The van der Waals surface area contributed by atoms with Crippen LogP contribution in [0.4, 0.5) is 5.95 Å². The maximum absolute atomic E-state index is 11.2. The lowest BCUT2D eigenvalue weighted by Crippen LogP contribution is -2.29. The third-order valence-electron chi connectivity index (χ3n) is 2.96. The van der Waals surface area contributed by atoms with Gasteiger partial charge in [-0.2, -0.15) is 4.98 Å². The minimum Gasteiger partial charge on any atom is -0.350 e. The Balaban J connectivity index is 1.74. The van der Waals surface area contributed by atoms with Gasteiger partial charge in [0.25, 0.3) is 0 Å². The molecule has 2 aromatic heterocycles. The van der Waals surface area contributed by atoms with Crippen LogP contribution in [-0.4, -0.2) is 36.4 Å². The fraction of sp³-hybridized carbons (Fsp3) is 0.455. The number of aromatic nitrogens is 3. The molecule has 0 unspecified atom stereocenters. The SMILES string of the molecule is O=S1CCC(Nc2nc3ccccn3n2)CC1. The normalized spacial score (nSPS) is 24.9. The summed E-state index contributed by atoms with van der Waals surface area (Å²) in [6, 6.07) is 6.14. The van der Waals surface area contributed by atoms with E-state index in [0.29, 0.717) is 12.0 Å². The molecule has 0 spiro atoms. The van der Waals surface area contributed by atoms with E-state index in [-0.39, 0.29) is 0 Å². The second kappa shape index (κ2) is 4.44. The summed E-state index contributed by atoms with van der Waals surface area (Å²) in [6.45, 7) is 0. The summed E-state index contributed by atoms with van der Waals surface area (Å²) < 4.78 is 13.0. The number of pyridine rings is 1. The van der Waals surface area contributed by atoms with Crippen LogP contribution < -0.4 is 5.32 Å². The van der Waals surface area contributed by atoms with Gasteiger partial charge in [0.2, 0.25) is 5.95 Å². The summed E-state index contributed by atoms with van der Waals surface area (Å²) in [6.07, 6.45) is 3.74. The Hall–Kier alpha value is -1.43. The third-order valence-corrected chi connectivity index (χ3v) is 4.34. The van der Waals surface area contributed by atoms with Gasteiger partial charge in [-0.15, -0.1) is 5.10 Å². The molecule has 0 radical (unpaired) electrons. The fourth-order valence-corrected chi connectivity index (χ4v) is 3.31. The highest BCUT2D eigenvalue weighted by Gasteiger charge is 2.18. The Morgan fingerprint density at radius 3 is 2.94 bits per heavy atom. The molecule has 1 aliphatic heterocycles. The maximum Gasteiger partial charge on any atom is 0.243 e. The van der Waals surface area contributed by atoms with E-state index in [0.717, 1.165) is 30.0 Å². The minimum atomic E-state index is -0.620. The predicted molar refractivity (Wildman–Crippen MR) is 67.5 cm³/mol. The molecule has 1 N–H and O–H groups in total. The van der Waals surface area contributed by atoms with E-state index in [2.05, 4.69) is 15.4 Å². The molecule has 3 rings (SSSR count). The molecule has 1 saturated heterocycles. The zero-order valence-electron chi connectivity index (χ0n) is 9.37. The van der Waals surface area contributed by atoms with Crippen LogP contribution in [0.5, 0.6) is 0 Å². The number of nitrogens with zero attached hydrogens (tertiary/aromatic N) is 3. The molecule has 3 heterocycles. The summed E-state index contributed by atoms with van der Waals surface area (Å²) in [5.74, 6) is 2.23. The van der Waals surface area contributed by atoms with E-state index in [9.17, 15) is 4.21 Å². The molecular formula is C11H14N4OS. The topological polar surface area (TPSA) is 59.3 Å². The standard InChI is InChI=1S/C11H14N4OS/c16-17-7-4-9(5-8-17)12-11-13-10-3-1-2-6-15(10)14-11/h1-3,6,9H,4-5,7-8H2,(H,12,14). The molecule has 6 heteroatoms. The van der Waals surface area contributed by atoms with Crippen molar-refractivity contribution in [2.24, 2.45) is 0 Å². The van der Waals surface area contributed by atoms with Crippen LogP contribution in [0.3, 0.4) is 0 Å². The zero-order chi connectivity index (χ0) is 11.7. The lowest BCUT2D eigenvalue weighted by molar-refractivity contribution is 0.620. The predicted octanol–water partition coefficient (Wildman–Crippen LogP) is 1.05. The molecule has 1 aliphatic rings. The Morgan fingerprint density at radius 2 is 2.18 bits per heavy atom. The van der Waals surface area contributed by atoms with Gasteiger partial charge in [0, 0.05) is 34.5 Å². The summed E-state index contributed by atoms with van der Waals surface area (Å²) in [5.41, 5.74) is 0.842. The van der Waals surface area contributed by atoms with Gasteiger partial charge >= 0.3 is 0 Å². The van der Waals surface area contributed by atoms with E-state index < -0.39 is 10.8 Å². The molecule has 17 heavy (non-hydrogen) atoms. The summed E-state index contributed by atoms with van der Waals surface area (Å²) in [7, 11) is -0.620. The highest BCUT2D eigenvalue weighted by Crippen LogP contribution is 2.14. The molecular weight excluding hydrogens is 236 g/mol. The second-order valence-electron chi connectivity index (χ2n) is 4.21. The van der Waals surface area contributed by atoms with Crippen molar-refractivity contribution >= 4 is 22.4 Å². The molecule has 0 atom stereocenters. The summed E-state index contributed by atoms with van der Waals surface area (Å²) in [5, 5.41) is 7.66. The van der Waals surface area contributed by atoms with Crippen LogP contribution in [0.1, 0.15) is 12.8 Å². The summed E-state index contributed by atoms with van der Waals surface area (Å²) in [4.78, 5) is 4.39. The van der Waals surface area contributed by atoms with Crippen molar-refractivity contribution in [1.82, 2.24) is 14.6 Å². The van der Waals surface area contributed by atoms with Gasteiger partial charge in [0.1, 0.15) is 0 Å². The van der Waals surface area contributed by atoms with E-state index in [4.69, 9.17) is 0 Å². The van der Waals surface area contributed by atoms with Crippen molar-refractivity contribution in [3.63, 3.8) is 0 Å². The van der Waals surface area contributed by atoms with Crippen LogP contribution in [0, 0.1) is 0 Å². The van der Waals surface area contributed by atoms with Crippen LogP contribution in [-0.2, 0) is 10.8 Å². The molecule has 0 amide bonds. The van der Waals surface area contributed by atoms with Crippen molar-refractivity contribution < 1.29 is 4.21 Å². The number of hydrogen-bond acceptors (Lipinski definition) is 4. The summed E-state index contributed by atoms with van der Waals surface area (Å²) >= 11 is 0. The largest absolute Gasteiger partial charge is 0.350 e. The smallest absolute Gasteiger partial charge is 0.243 e. The number of hydrogen-bond donors (Lipinski definition) is 1. The quantitative estimate of drug-likeness (QED) is 0.865. The van der Waals surface area contributed by atoms with E-state index >= 15 is 0 Å². The first-order chi connectivity index (χ1) is 8.31. The maximum atomic E-state index is 11.2. The van der Waals surface area contributed by atoms with Crippen molar-refractivity contribution in [1.29, 1.82) is 0 Å². The molecule has 0 bridgehead atoms. The van der Waals surface area contributed by atoms with Crippen molar-refractivity contribution in [3.8, 4) is 0 Å². The minimum absolute atomic E-state index is 0.352. The molecule has 0 saturated carbocycles. The number of rotatable bonds is 2. The highest BCUT2D eigenvalue weighted by molar-refractivity contribution is 7.85.